The molecule has 0 spiro atoms. The van der Waals surface area contributed by atoms with Gasteiger partial charge < -0.3 is 9.47 Å². The average molecular weight is 370 g/mol. The molecule has 26 heavy (non-hydrogen) atoms. The van der Waals surface area contributed by atoms with Crippen molar-refractivity contribution in [3.8, 4) is 11.5 Å². The van der Waals surface area contributed by atoms with Crippen molar-refractivity contribution in [2.24, 2.45) is 4.99 Å². The number of rotatable bonds is 5. The molecule has 0 unspecified atom stereocenters. The fourth-order valence-electron chi connectivity index (χ4n) is 2.61. The van der Waals surface area contributed by atoms with Crippen LogP contribution in [0.25, 0.3) is 0 Å². The first kappa shape index (κ1) is 18.3. The molecule has 1 fully saturated rings. The molecule has 5 nitrogen and oxygen atoms in total. The number of ether oxygens (including phenoxy) is 2. The summed E-state index contributed by atoms with van der Waals surface area (Å²) in [4.78, 5) is 19.0. The molecule has 3 rings (SSSR count). The fourth-order valence-corrected chi connectivity index (χ4v) is 3.66. The third-order valence-electron chi connectivity index (χ3n) is 3.93. The second-order valence-corrected chi connectivity index (χ2v) is 7.54. The van der Waals surface area contributed by atoms with Crippen LogP contribution in [0.4, 0.5) is 5.69 Å². The zero-order valence-electron chi connectivity index (χ0n) is 15.1. The quantitative estimate of drug-likeness (QED) is 0.797. The van der Waals surface area contributed by atoms with Gasteiger partial charge in [0.05, 0.1) is 12.8 Å². The molecule has 0 bridgehead atoms. The zero-order chi connectivity index (χ0) is 18.5. The molecular formula is C20H22N2O3S. The Balaban J connectivity index is 1.68. The number of amides is 1. The molecule has 0 radical (unpaired) electrons. The van der Waals surface area contributed by atoms with Gasteiger partial charge in [-0.05, 0) is 48.9 Å². The molecule has 136 valence electrons. The summed E-state index contributed by atoms with van der Waals surface area (Å²) in [5, 5.41) is 1.04. The van der Waals surface area contributed by atoms with Crippen molar-refractivity contribution in [1.29, 1.82) is 0 Å². The number of amidine groups is 1. The van der Waals surface area contributed by atoms with Crippen LogP contribution in [0.3, 0.4) is 0 Å². The van der Waals surface area contributed by atoms with Crippen molar-refractivity contribution in [2.45, 2.75) is 19.1 Å². The molecule has 1 aliphatic heterocycles. The van der Waals surface area contributed by atoms with E-state index in [1.54, 1.807) is 48.0 Å². The number of nitrogens with zero attached hydrogens (tertiary/aromatic N) is 2. The van der Waals surface area contributed by atoms with Gasteiger partial charge in [0.15, 0.2) is 11.8 Å². The molecule has 6 heteroatoms. The molecule has 0 aromatic heterocycles. The van der Waals surface area contributed by atoms with E-state index < -0.39 is 0 Å². The number of aliphatic imine (C=N–C) groups is 1. The van der Waals surface area contributed by atoms with Crippen LogP contribution in [0.15, 0.2) is 53.5 Å². The van der Waals surface area contributed by atoms with Gasteiger partial charge in [0.25, 0.3) is 5.91 Å². The van der Waals surface area contributed by atoms with E-state index in [-0.39, 0.29) is 12.5 Å². The molecule has 0 aliphatic carbocycles. The molecule has 1 atom stereocenters. The van der Waals surface area contributed by atoms with Crippen LogP contribution in [0.1, 0.15) is 12.5 Å². The highest BCUT2D eigenvalue weighted by Gasteiger charge is 2.31. The minimum absolute atomic E-state index is 0.0214. The van der Waals surface area contributed by atoms with Gasteiger partial charge in [0.2, 0.25) is 0 Å². The summed E-state index contributed by atoms with van der Waals surface area (Å²) >= 11 is 1.61. The first-order valence-corrected chi connectivity index (χ1v) is 9.32. The number of thioether (sulfide) groups is 1. The lowest BCUT2D eigenvalue weighted by Crippen LogP contribution is -2.36. The Labute approximate surface area is 158 Å². The Morgan fingerprint density at radius 3 is 2.65 bits per heavy atom. The Morgan fingerprint density at radius 1 is 1.23 bits per heavy atom. The smallest absolute Gasteiger partial charge is 0.266 e. The molecule has 0 saturated carbocycles. The Morgan fingerprint density at radius 2 is 1.96 bits per heavy atom. The third-order valence-corrected chi connectivity index (χ3v) is 5.00. The first-order valence-electron chi connectivity index (χ1n) is 8.44. The minimum Gasteiger partial charge on any atom is -0.497 e. The van der Waals surface area contributed by atoms with Crippen LogP contribution >= 0.6 is 11.8 Å². The van der Waals surface area contributed by atoms with E-state index in [1.165, 1.54) is 0 Å². The Bertz CT molecular complexity index is 805. The van der Waals surface area contributed by atoms with Gasteiger partial charge >= 0.3 is 0 Å². The second-order valence-electron chi connectivity index (χ2n) is 6.13. The molecule has 1 aliphatic rings. The van der Waals surface area contributed by atoms with Gasteiger partial charge in [-0.15, -0.1) is 0 Å². The van der Waals surface area contributed by atoms with Crippen molar-refractivity contribution in [3.63, 3.8) is 0 Å². The Hall–Kier alpha value is -2.47. The largest absolute Gasteiger partial charge is 0.497 e. The van der Waals surface area contributed by atoms with Crippen molar-refractivity contribution < 1.29 is 14.3 Å². The summed E-state index contributed by atoms with van der Waals surface area (Å²) < 4.78 is 10.7. The normalized spacial score (nSPS) is 18.2. The molecule has 1 saturated heterocycles. The standard InChI is InChI=1S/C20H22N2O3S/c1-14-5-4-6-16(11-14)21-20-22(12-15(2)26-20)19(23)13-25-18-9-7-17(24-3)8-10-18/h4-11,15H,12-13H2,1-3H3/t15-/m1/s1. The fraction of sp³-hybridized carbons (Fsp3) is 0.300. The third kappa shape index (κ3) is 4.58. The summed E-state index contributed by atoms with van der Waals surface area (Å²) in [5.41, 5.74) is 2.00. The predicted molar refractivity (Wildman–Crippen MR) is 106 cm³/mol. The van der Waals surface area contributed by atoms with Crippen LogP contribution in [0.5, 0.6) is 11.5 Å². The maximum Gasteiger partial charge on any atom is 0.266 e. The predicted octanol–water partition coefficient (Wildman–Crippen LogP) is 4.03. The van der Waals surface area contributed by atoms with Gasteiger partial charge in [-0.2, -0.15) is 0 Å². The van der Waals surface area contributed by atoms with Crippen LogP contribution in [-0.4, -0.2) is 41.5 Å². The van der Waals surface area contributed by atoms with Gasteiger partial charge in [-0.1, -0.05) is 30.8 Å². The van der Waals surface area contributed by atoms with Crippen LogP contribution in [-0.2, 0) is 4.79 Å². The number of aryl methyl sites for hydroxylation is 1. The number of methoxy groups -OCH3 is 1. The van der Waals surface area contributed by atoms with Crippen LogP contribution in [0.2, 0.25) is 0 Å². The molecule has 2 aromatic rings. The lowest BCUT2D eigenvalue weighted by atomic mass is 10.2. The summed E-state index contributed by atoms with van der Waals surface area (Å²) in [5.74, 6) is 1.29. The molecule has 2 aromatic carbocycles. The van der Waals surface area contributed by atoms with Gasteiger partial charge in [-0.3, -0.25) is 9.69 Å². The van der Waals surface area contributed by atoms with Gasteiger partial charge in [0, 0.05) is 11.8 Å². The van der Waals surface area contributed by atoms with E-state index in [9.17, 15) is 4.79 Å². The summed E-state index contributed by atoms with van der Waals surface area (Å²) in [6.07, 6.45) is 0. The SMILES string of the molecule is COc1ccc(OCC(=O)N2C[C@@H](C)SC2=Nc2cccc(C)c2)cc1. The van der Waals surface area contributed by atoms with Gasteiger partial charge in [-0.25, -0.2) is 4.99 Å². The number of carbonyl (C=O) groups is 1. The number of hydrogen-bond acceptors (Lipinski definition) is 5. The van der Waals surface area contributed by atoms with E-state index >= 15 is 0 Å². The van der Waals surface area contributed by atoms with E-state index in [1.807, 2.05) is 31.2 Å². The van der Waals surface area contributed by atoms with E-state index in [0.717, 1.165) is 22.2 Å². The van der Waals surface area contributed by atoms with Crippen LogP contribution < -0.4 is 9.47 Å². The molecule has 1 amide bonds. The highest BCUT2D eigenvalue weighted by Crippen LogP contribution is 2.28. The van der Waals surface area contributed by atoms with Crippen molar-refractivity contribution in [3.05, 3.63) is 54.1 Å². The lowest BCUT2D eigenvalue weighted by molar-refractivity contribution is -0.129. The average Bonchev–Trinajstić information content (AvgIpc) is 3.00. The number of benzene rings is 2. The van der Waals surface area contributed by atoms with E-state index in [0.29, 0.717) is 17.5 Å². The number of carbonyl (C=O) groups excluding carboxylic acids is 1. The highest BCUT2D eigenvalue weighted by atomic mass is 32.2. The second kappa shape index (κ2) is 8.27. The van der Waals surface area contributed by atoms with Crippen molar-refractivity contribution in [2.75, 3.05) is 20.3 Å². The summed E-state index contributed by atoms with van der Waals surface area (Å²) in [6, 6.07) is 15.1. The van der Waals surface area contributed by atoms with Crippen molar-refractivity contribution >= 4 is 28.5 Å². The molecule has 0 N–H and O–H groups in total. The van der Waals surface area contributed by atoms with Crippen LogP contribution in [0, 0.1) is 6.92 Å². The maximum atomic E-state index is 12.6. The zero-order valence-corrected chi connectivity index (χ0v) is 16.0. The summed E-state index contributed by atoms with van der Waals surface area (Å²) in [7, 11) is 1.61. The van der Waals surface area contributed by atoms with E-state index in [4.69, 9.17) is 9.47 Å². The number of hydrogen-bond donors (Lipinski definition) is 0. The maximum absolute atomic E-state index is 12.6. The van der Waals surface area contributed by atoms with E-state index in [2.05, 4.69) is 11.9 Å². The molecule has 1 heterocycles. The topological polar surface area (TPSA) is 51.1 Å². The Kier molecular flexibility index (Phi) is 5.83. The lowest BCUT2D eigenvalue weighted by Gasteiger charge is -2.16. The van der Waals surface area contributed by atoms with Gasteiger partial charge in [0.1, 0.15) is 11.5 Å². The minimum atomic E-state index is -0.0935. The molecular weight excluding hydrogens is 348 g/mol. The van der Waals surface area contributed by atoms with Crippen molar-refractivity contribution in [1.82, 2.24) is 4.90 Å². The monoisotopic (exact) mass is 370 g/mol. The highest BCUT2D eigenvalue weighted by molar-refractivity contribution is 8.14. The summed E-state index contributed by atoms with van der Waals surface area (Å²) in [6.45, 7) is 4.74. The first-order chi connectivity index (χ1) is 12.5.